The van der Waals surface area contributed by atoms with E-state index in [1.807, 2.05) is 0 Å². The van der Waals surface area contributed by atoms with E-state index in [0.717, 1.165) is 38.9 Å². The van der Waals surface area contributed by atoms with Crippen molar-refractivity contribution in [1.29, 1.82) is 0 Å². The standard InChI is InChI=1S/C15H23FN2O2/c1-18(10-12-3-2-8-20-11-12)7-6-15(19)14-5-4-13(16)9-17-14/h4-5,9,12,15,19H,2-3,6-8,10-11H2,1H3. The minimum atomic E-state index is -0.638. The number of pyridine rings is 1. The summed E-state index contributed by atoms with van der Waals surface area (Å²) in [4.78, 5) is 6.12. The Balaban J connectivity index is 1.71. The molecule has 2 heterocycles. The predicted molar refractivity (Wildman–Crippen MR) is 74.8 cm³/mol. The Labute approximate surface area is 119 Å². The normalized spacial score (nSPS) is 21.1. The van der Waals surface area contributed by atoms with Crippen molar-refractivity contribution in [2.45, 2.75) is 25.4 Å². The first-order valence-corrected chi connectivity index (χ1v) is 7.21. The van der Waals surface area contributed by atoms with Gasteiger partial charge in [-0.2, -0.15) is 0 Å². The molecule has 1 aliphatic heterocycles. The second-order valence-electron chi connectivity index (χ2n) is 5.55. The van der Waals surface area contributed by atoms with E-state index in [-0.39, 0.29) is 5.82 Å². The van der Waals surface area contributed by atoms with Gasteiger partial charge in [-0.1, -0.05) is 0 Å². The fourth-order valence-electron chi connectivity index (χ4n) is 2.56. The van der Waals surface area contributed by atoms with Crippen LogP contribution in [0.4, 0.5) is 4.39 Å². The average molecular weight is 282 g/mol. The van der Waals surface area contributed by atoms with Crippen molar-refractivity contribution < 1.29 is 14.2 Å². The highest BCUT2D eigenvalue weighted by atomic mass is 19.1. The van der Waals surface area contributed by atoms with E-state index < -0.39 is 6.10 Å². The summed E-state index contributed by atoms with van der Waals surface area (Å²) in [6.45, 7) is 3.50. The van der Waals surface area contributed by atoms with E-state index in [4.69, 9.17) is 4.74 Å². The smallest absolute Gasteiger partial charge is 0.141 e. The van der Waals surface area contributed by atoms with Crippen LogP contribution in [0.1, 0.15) is 31.1 Å². The Morgan fingerprint density at radius 3 is 3.05 bits per heavy atom. The molecule has 0 spiro atoms. The minimum absolute atomic E-state index is 0.379. The Bertz CT molecular complexity index is 393. The first-order chi connectivity index (χ1) is 9.65. The monoisotopic (exact) mass is 282 g/mol. The topological polar surface area (TPSA) is 45.6 Å². The number of hydrogen-bond donors (Lipinski definition) is 1. The number of rotatable bonds is 6. The highest BCUT2D eigenvalue weighted by molar-refractivity contribution is 5.07. The maximum absolute atomic E-state index is 12.8. The number of ether oxygens (including phenoxy) is 1. The van der Waals surface area contributed by atoms with E-state index >= 15 is 0 Å². The van der Waals surface area contributed by atoms with Crippen molar-refractivity contribution in [2.24, 2.45) is 5.92 Å². The zero-order chi connectivity index (χ0) is 14.4. The molecular formula is C15H23FN2O2. The summed E-state index contributed by atoms with van der Waals surface area (Å²) in [6, 6.07) is 2.86. The van der Waals surface area contributed by atoms with E-state index in [9.17, 15) is 9.50 Å². The van der Waals surface area contributed by atoms with Gasteiger partial charge in [-0.05, 0) is 44.4 Å². The average Bonchev–Trinajstić information content (AvgIpc) is 2.46. The predicted octanol–water partition coefficient (Wildman–Crippen LogP) is 2.00. The van der Waals surface area contributed by atoms with Crippen LogP contribution in [0.2, 0.25) is 0 Å². The van der Waals surface area contributed by atoms with Gasteiger partial charge in [0.15, 0.2) is 0 Å². The van der Waals surface area contributed by atoms with Crippen LogP contribution in [0.25, 0.3) is 0 Å². The van der Waals surface area contributed by atoms with Gasteiger partial charge in [0.1, 0.15) is 5.82 Å². The van der Waals surface area contributed by atoms with Crippen molar-refractivity contribution in [2.75, 3.05) is 33.4 Å². The van der Waals surface area contributed by atoms with Gasteiger partial charge in [-0.25, -0.2) is 4.39 Å². The SMILES string of the molecule is CN(CCC(O)c1ccc(F)cn1)CC1CCCOC1. The van der Waals surface area contributed by atoms with Crippen LogP contribution in [-0.4, -0.2) is 48.3 Å². The lowest BCUT2D eigenvalue weighted by atomic mass is 10.0. The Morgan fingerprint density at radius 2 is 2.40 bits per heavy atom. The molecule has 1 aliphatic rings. The van der Waals surface area contributed by atoms with Crippen LogP contribution in [0.5, 0.6) is 0 Å². The maximum Gasteiger partial charge on any atom is 0.141 e. The summed E-state index contributed by atoms with van der Waals surface area (Å²) < 4.78 is 18.2. The fourth-order valence-corrected chi connectivity index (χ4v) is 2.56. The van der Waals surface area contributed by atoms with Crippen LogP contribution in [-0.2, 0) is 4.74 Å². The largest absolute Gasteiger partial charge is 0.387 e. The molecule has 1 aromatic rings. The lowest BCUT2D eigenvalue weighted by Crippen LogP contribution is -2.32. The molecule has 0 aliphatic carbocycles. The zero-order valence-corrected chi connectivity index (χ0v) is 12.0. The zero-order valence-electron chi connectivity index (χ0n) is 12.0. The summed E-state index contributed by atoms with van der Waals surface area (Å²) in [5, 5.41) is 10.0. The molecule has 2 rings (SSSR count). The van der Waals surface area contributed by atoms with Crippen molar-refractivity contribution in [3.8, 4) is 0 Å². The van der Waals surface area contributed by atoms with Crippen molar-refractivity contribution >= 4 is 0 Å². The molecule has 112 valence electrons. The molecule has 2 atom stereocenters. The molecule has 2 unspecified atom stereocenters. The molecule has 1 saturated heterocycles. The van der Waals surface area contributed by atoms with E-state index in [2.05, 4.69) is 16.9 Å². The van der Waals surface area contributed by atoms with Gasteiger partial charge in [0, 0.05) is 19.7 Å². The van der Waals surface area contributed by atoms with Gasteiger partial charge in [0.2, 0.25) is 0 Å². The fraction of sp³-hybridized carbons (Fsp3) is 0.667. The molecule has 5 heteroatoms. The lowest BCUT2D eigenvalue weighted by molar-refractivity contribution is 0.0398. The Kier molecular flexibility index (Phi) is 5.88. The van der Waals surface area contributed by atoms with E-state index in [1.165, 1.54) is 18.6 Å². The van der Waals surface area contributed by atoms with Crippen LogP contribution in [0, 0.1) is 11.7 Å². The Hall–Kier alpha value is -1.04. The number of hydrogen-bond acceptors (Lipinski definition) is 4. The number of nitrogens with zero attached hydrogens (tertiary/aromatic N) is 2. The summed E-state index contributed by atoms with van der Waals surface area (Å²) in [5.74, 6) is 0.213. The van der Waals surface area contributed by atoms with Crippen molar-refractivity contribution in [3.63, 3.8) is 0 Å². The van der Waals surface area contributed by atoms with Gasteiger partial charge in [-0.15, -0.1) is 0 Å². The molecular weight excluding hydrogens is 259 g/mol. The van der Waals surface area contributed by atoms with Crippen LogP contribution in [0.3, 0.4) is 0 Å². The summed E-state index contributed by atoms with van der Waals surface area (Å²) in [5.41, 5.74) is 0.529. The first-order valence-electron chi connectivity index (χ1n) is 7.21. The van der Waals surface area contributed by atoms with Gasteiger partial charge >= 0.3 is 0 Å². The molecule has 0 bridgehead atoms. The first kappa shape index (κ1) is 15.4. The third kappa shape index (κ3) is 4.81. The third-order valence-corrected chi connectivity index (χ3v) is 3.70. The molecule has 1 fully saturated rings. The van der Waals surface area contributed by atoms with E-state index in [1.54, 1.807) is 0 Å². The molecule has 0 radical (unpaired) electrons. The lowest BCUT2D eigenvalue weighted by Gasteiger charge is -2.27. The summed E-state index contributed by atoms with van der Waals surface area (Å²) >= 11 is 0. The van der Waals surface area contributed by atoms with Gasteiger partial charge in [0.25, 0.3) is 0 Å². The van der Waals surface area contributed by atoms with Crippen molar-refractivity contribution in [3.05, 3.63) is 29.8 Å². The number of aliphatic hydroxyl groups excluding tert-OH is 1. The van der Waals surface area contributed by atoms with Gasteiger partial charge < -0.3 is 14.7 Å². The second kappa shape index (κ2) is 7.67. The Morgan fingerprint density at radius 1 is 1.55 bits per heavy atom. The van der Waals surface area contributed by atoms with Crippen LogP contribution < -0.4 is 0 Å². The number of aliphatic hydroxyl groups is 1. The third-order valence-electron chi connectivity index (χ3n) is 3.70. The molecule has 20 heavy (non-hydrogen) atoms. The molecule has 1 aromatic heterocycles. The molecule has 0 aromatic carbocycles. The number of halogens is 1. The van der Waals surface area contributed by atoms with Gasteiger partial charge in [0.05, 0.1) is 24.6 Å². The molecule has 0 saturated carbocycles. The van der Waals surface area contributed by atoms with E-state index in [0.29, 0.717) is 18.0 Å². The molecule has 1 N–H and O–H groups in total. The highest BCUT2D eigenvalue weighted by Crippen LogP contribution is 2.17. The highest BCUT2D eigenvalue weighted by Gasteiger charge is 2.17. The summed E-state index contributed by atoms with van der Waals surface area (Å²) in [7, 11) is 2.05. The van der Waals surface area contributed by atoms with Crippen LogP contribution in [0.15, 0.2) is 18.3 Å². The molecule has 4 nitrogen and oxygen atoms in total. The maximum atomic E-state index is 12.8. The van der Waals surface area contributed by atoms with Crippen LogP contribution >= 0.6 is 0 Å². The second-order valence-corrected chi connectivity index (χ2v) is 5.55. The number of aromatic nitrogens is 1. The molecule has 0 amide bonds. The van der Waals surface area contributed by atoms with Crippen molar-refractivity contribution in [1.82, 2.24) is 9.88 Å². The minimum Gasteiger partial charge on any atom is -0.387 e. The summed E-state index contributed by atoms with van der Waals surface area (Å²) in [6.07, 6.45) is 3.46. The quantitative estimate of drug-likeness (QED) is 0.867. The van der Waals surface area contributed by atoms with Gasteiger partial charge in [-0.3, -0.25) is 4.98 Å².